The average molecular weight is 251 g/mol. The molecule has 0 spiro atoms. The topological polar surface area (TPSA) is 68.8 Å². The van der Waals surface area contributed by atoms with Gasteiger partial charge < -0.3 is 0 Å². The lowest BCUT2D eigenvalue weighted by Gasteiger charge is -2.23. The van der Waals surface area contributed by atoms with E-state index in [1.807, 2.05) is 10.9 Å². The smallest absolute Gasteiger partial charge is 0.0772 e. The quantitative estimate of drug-likeness (QED) is 0.599. The molecule has 0 aromatic carbocycles. The van der Waals surface area contributed by atoms with Crippen LogP contribution in [0.25, 0.3) is 0 Å². The van der Waals surface area contributed by atoms with Gasteiger partial charge in [-0.1, -0.05) is 31.9 Å². The molecule has 1 aliphatic carbocycles. The molecule has 0 aliphatic heterocycles. The van der Waals surface area contributed by atoms with E-state index in [0.717, 1.165) is 24.6 Å². The van der Waals surface area contributed by atoms with Gasteiger partial charge in [-0.25, -0.2) is 4.68 Å². The van der Waals surface area contributed by atoms with Crippen LogP contribution in [-0.4, -0.2) is 15.0 Å². The second-order valence-electron chi connectivity index (χ2n) is 5.37. The molecule has 5 heteroatoms. The first-order valence-corrected chi connectivity index (χ1v) is 7.14. The lowest BCUT2D eigenvalue weighted by atomic mass is 9.94. The van der Waals surface area contributed by atoms with Crippen LogP contribution in [0.2, 0.25) is 0 Å². The number of aromatic nitrogens is 3. The summed E-state index contributed by atoms with van der Waals surface area (Å²) in [7, 11) is 0. The molecule has 0 saturated heterocycles. The van der Waals surface area contributed by atoms with E-state index in [1.54, 1.807) is 0 Å². The van der Waals surface area contributed by atoms with Crippen molar-refractivity contribution in [1.82, 2.24) is 20.4 Å². The van der Waals surface area contributed by atoms with E-state index in [4.69, 9.17) is 5.84 Å². The number of hydrazine groups is 1. The van der Waals surface area contributed by atoms with E-state index in [0.29, 0.717) is 5.92 Å². The molecule has 1 aliphatic rings. The lowest BCUT2D eigenvalue weighted by Crippen LogP contribution is -2.34. The first-order chi connectivity index (χ1) is 8.80. The van der Waals surface area contributed by atoms with Crippen LogP contribution in [0.5, 0.6) is 0 Å². The van der Waals surface area contributed by atoms with E-state index in [-0.39, 0.29) is 6.04 Å². The Morgan fingerprint density at radius 3 is 2.94 bits per heavy atom. The van der Waals surface area contributed by atoms with Gasteiger partial charge in [-0.15, -0.1) is 5.10 Å². The predicted molar refractivity (Wildman–Crippen MR) is 71.5 cm³/mol. The van der Waals surface area contributed by atoms with Crippen LogP contribution in [0.1, 0.15) is 57.7 Å². The second-order valence-corrected chi connectivity index (χ2v) is 5.37. The summed E-state index contributed by atoms with van der Waals surface area (Å²) in [6, 6.07) is 0.197. The van der Waals surface area contributed by atoms with Crippen LogP contribution >= 0.6 is 0 Å². The summed E-state index contributed by atoms with van der Waals surface area (Å²) >= 11 is 0. The summed E-state index contributed by atoms with van der Waals surface area (Å²) in [5.74, 6) is 7.26. The minimum Gasteiger partial charge on any atom is -0.271 e. The van der Waals surface area contributed by atoms with E-state index in [2.05, 4.69) is 29.6 Å². The van der Waals surface area contributed by atoms with Gasteiger partial charge >= 0.3 is 0 Å². The molecule has 3 unspecified atom stereocenters. The van der Waals surface area contributed by atoms with Crippen LogP contribution < -0.4 is 11.3 Å². The zero-order valence-electron chi connectivity index (χ0n) is 11.5. The fraction of sp³-hybridized carbons (Fsp3) is 0.846. The highest BCUT2D eigenvalue weighted by Crippen LogP contribution is 2.39. The van der Waals surface area contributed by atoms with Gasteiger partial charge in [0.15, 0.2) is 0 Å². The molecule has 1 heterocycles. The first-order valence-electron chi connectivity index (χ1n) is 7.14. The highest BCUT2D eigenvalue weighted by atomic mass is 15.4. The van der Waals surface area contributed by atoms with Gasteiger partial charge in [0.2, 0.25) is 0 Å². The van der Waals surface area contributed by atoms with Crippen molar-refractivity contribution in [2.24, 2.45) is 17.7 Å². The van der Waals surface area contributed by atoms with Crippen molar-refractivity contribution >= 4 is 0 Å². The average Bonchev–Trinajstić information content (AvgIpc) is 3.01. The summed E-state index contributed by atoms with van der Waals surface area (Å²) < 4.78 is 1.99. The van der Waals surface area contributed by atoms with Crippen molar-refractivity contribution in [1.29, 1.82) is 0 Å². The molecular weight excluding hydrogens is 226 g/mol. The van der Waals surface area contributed by atoms with Gasteiger partial charge in [-0.2, -0.15) is 0 Å². The zero-order chi connectivity index (χ0) is 13.0. The molecule has 102 valence electrons. The maximum atomic E-state index is 5.78. The number of nitrogens with one attached hydrogen (secondary N) is 1. The van der Waals surface area contributed by atoms with Crippen LogP contribution in [0.15, 0.2) is 6.20 Å². The van der Waals surface area contributed by atoms with Gasteiger partial charge in [0.1, 0.15) is 0 Å². The van der Waals surface area contributed by atoms with Crippen molar-refractivity contribution in [3.8, 4) is 0 Å². The number of hydrogen-bond acceptors (Lipinski definition) is 4. The predicted octanol–water partition coefficient (Wildman–Crippen LogP) is 2.02. The van der Waals surface area contributed by atoms with Crippen LogP contribution in [-0.2, 0) is 6.54 Å². The van der Waals surface area contributed by atoms with Crippen molar-refractivity contribution in [2.75, 3.05) is 0 Å². The maximum absolute atomic E-state index is 5.78. The van der Waals surface area contributed by atoms with Gasteiger partial charge in [-0.3, -0.25) is 11.3 Å². The van der Waals surface area contributed by atoms with Crippen molar-refractivity contribution < 1.29 is 0 Å². The molecule has 0 radical (unpaired) electrons. The highest BCUT2D eigenvalue weighted by Gasteiger charge is 2.32. The summed E-state index contributed by atoms with van der Waals surface area (Å²) in [6.45, 7) is 5.34. The fourth-order valence-electron chi connectivity index (χ4n) is 3.14. The highest BCUT2D eigenvalue weighted by molar-refractivity contribution is 5.05. The Kier molecular flexibility index (Phi) is 4.72. The van der Waals surface area contributed by atoms with Gasteiger partial charge in [0.25, 0.3) is 0 Å². The molecule has 1 saturated carbocycles. The molecule has 1 aromatic rings. The summed E-state index contributed by atoms with van der Waals surface area (Å²) in [5.41, 5.74) is 4.13. The molecule has 5 nitrogen and oxygen atoms in total. The maximum Gasteiger partial charge on any atom is 0.0772 e. The standard InChI is InChI=1S/C13H25N5/c1-3-7-18-12(9-15-17-18)13(16-14)11-6-5-10(4-2)8-11/h9-11,13,16H,3-8,14H2,1-2H3. The van der Waals surface area contributed by atoms with Crippen molar-refractivity contribution in [2.45, 2.75) is 58.5 Å². The van der Waals surface area contributed by atoms with Crippen LogP contribution in [0, 0.1) is 11.8 Å². The molecule has 3 atom stereocenters. The van der Waals surface area contributed by atoms with Gasteiger partial charge in [0, 0.05) is 6.54 Å². The Bertz CT molecular complexity index is 362. The third-order valence-electron chi connectivity index (χ3n) is 4.21. The minimum absolute atomic E-state index is 0.197. The molecule has 0 amide bonds. The zero-order valence-corrected chi connectivity index (χ0v) is 11.5. The molecule has 3 N–H and O–H groups in total. The van der Waals surface area contributed by atoms with Gasteiger partial charge in [-0.05, 0) is 31.1 Å². The Labute approximate surface area is 109 Å². The summed E-state index contributed by atoms with van der Waals surface area (Å²) in [6.07, 6.45) is 8.05. The Hall–Kier alpha value is -0.940. The SMILES string of the molecule is CCCn1nncc1C(NN)C1CCC(CC)C1. The molecule has 18 heavy (non-hydrogen) atoms. The number of aryl methyl sites for hydroxylation is 1. The number of nitrogens with zero attached hydrogens (tertiary/aromatic N) is 3. The first kappa shape index (κ1) is 13.5. The van der Waals surface area contributed by atoms with Crippen molar-refractivity contribution in [3.63, 3.8) is 0 Å². The normalized spacial score (nSPS) is 25.5. The van der Waals surface area contributed by atoms with E-state index in [9.17, 15) is 0 Å². The lowest BCUT2D eigenvalue weighted by molar-refractivity contribution is 0.336. The monoisotopic (exact) mass is 251 g/mol. The summed E-state index contributed by atoms with van der Waals surface area (Å²) in [4.78, 5) is 0. The van der Waals surface area contributed by atoms with Crippen LogP contribution in [0.3, 0.4) is 0 Å². The van der Waals surface area contributed by atoms with E-state index < -0.39 is 0 Å². The Morgan fingerprint density at radius 1 is 1.50 bits per heavy atom. The minimum atomic E-state index is 0.197. The third-order valence-corrected chi connectivity index (χ3v) is 4.21. The van der Waals surface area contributed by atoms with Crippen LogP contribution in [0.4, 0.5) is 0 Å². The number of hydrogen-bond donors (Lipinski definition) is 2. The van der Waals surface area contributed by atoms with E-state index >= 15 is 0 Å². The molecular formula is C13H25N5. The third kappa shape index (κ3) is 2.72. The molecule has 2 rings (SSSR count). The second kappa shape index (κ2) is 6.29. The Morgan fingerprint density at radius 2 is 2.33 bits per heavy atom. The largest absolute Gasteiger partial charge is 0.271 e. The fourth-order valence-corrected chi connectivity index (χ4v) is 3.14. The number of rotatable bonds is 6. The number of nitrogens with two attached hydrogens (primary N) is 1. The molecule has 0 bridgehead atoms. The Balaban J connectivity index is 2.10. The van der Waals surface area contributed by atoms with E-state index in [1.165, 1.54) is 25.7 Å². The molecule has 1 fully saturated rings. The molecule has 1 aromatic heterocycles. The summed E-state index contributed by atoms with van der Waals surface area (Å²) in [5, 5.41) is 8.19. The van der Waals surface area contributed by atoms with Crippen molar-refractivity contribution in [3.05, 3.63) is 11.9 Å². The van der Waals surface area contributed by atoms with Gasteiger partial charge in [0.05, 0.1) is 17.9 Å².